The van der Waals surface area contributed by atoms with Crippen molar-refractivity contribution in [3.8, 4) is 22.4 Å². The molecule has 3 N–H and O–H groups in total. The minimum atomic E-state index is -0.960. The highest BCUT2D eigenvalue weighted by molar-refractivity contribution is 5.89. The van der Waals surface area contributed by atoms with E-state index in [2.05, 4.69) is 27.3 Å². The maximum atomic E-state index is 11.2. The van der Waals surface area contributed by atoms with Crippen molar-refractivity contribution in [3.63, 3.8) is 0 Å². The molecule has 0 saturated carbocycles. The number of benzene rings is 2. The van der Waals surface area contributed by atoms with Crippen molar-refractivity contribution in [2.45, 2.75) is 0 Å². The van der Waals surface area contributed by atoms with Gasteiger partial charge in [-0.15, -0.1) is 0 Å². The number of imidazole rings is 1. The molecule has 7 nitrogen and oxygen atoms in total. The molecule has 0 aliphatic carbocycles. The lowest BCUT2D eigenvalue weighted by Crippen LogP contribution is -2.12. The van der Waals surface area contributed by atoms with Crippen molar-refractivity contribution >= 4 is 17.3 Å². The standard InChI is InChI=1S/C22H19N5O2/c1-14(23-2)26-19-8-4-6-16(10-19)20-13-24-21-11-18(12-25-27(20)21)15-5-3-7-17(9-15)22(28)29/h3-13,23,26H,1H2,2H3,(H,28,29). The number of nitrogens with one attached hydrogen (secondary N) is 2. The predicted octanol–water partition coefficient (Wildman–Crippen LogP) is 3.86. The minimum Gasteiger partial charge on any atom is -0.478 e. The normalized spacial score (nSPS) is 10.7. The molecule has 0 aliphatic heterocycles. The van der Waals surface area contributed by atoms with E-state index in [0.29, 0.717) is 11.5 Å². The van der Waals surface area contributed by atoms with Gasteiger partial charge in [-0.1, -0.05) is 30.8 Å². The summed E-state index contributed by atoms with van der Waals surface area (Å²) < 4.78 is 1.76. The smallest absolute Gasteiger partial charge is 0.335 e. The molecule has 4 rings (SSSR count). The topological polar surface area (TPSA) is 91.5 Å². The largest absolute Gasteiger partial charge is 0.478 e. The predicted molar refractivity (Wildman–Crippen MR) is 113 cm³/mol. The van der Waals surface area contributed by atoms with Crippen molar-refractivity contribution in [3.05, 3.63) is 85.0 Å². The van der Waals surface area contributed by atoms with Crippen molar-refractivity contribution in [1.29, 1.82) is 0 Å². The van der Waals surface area contributed by atoms with E-state index in [4.69, 9.17) is 0 Å². The van der Waals surface area contributed by atoms with Gasteiger partial charge in [0.05, 0.1) is 29.5 Å². The SMILES string of the molecule is C=C(NC)Nc1cccc(-c2cnc3cc(-c4cccc(C(=O)O)c4)cnn23)c1. The molecular formula is C22H19N5O2. The second-order valence-corrected chi connectivity index (χ2v) is 6.48. The van der Waals surface area contributed by atoms with E-state index in [-0.39, 0.29) is 5.56 Å². The third-order valence-electron chi connectivity index (χ3n) is 4.56. The number of aromatic carboxylic acids is 1. The average Bonchev–Trinajstić information content (AvgIpc) is 3.17. The zero-order chi connectivity index (χ0) is 20.4. The minimum absolute atomic E-state index is 0.235. The first-order valence-electron chi connectivity index (χ1n) is 8.97. The summed E-state index contributed by atoms with van der Waals surface area (Å²) >= 11 is 0. The van der Waals surface area contributed by atoms with Crippen molar-refractivity contribution in [1.82, 2.24) is 19.9 Å². The lowest BCUT2D eigenvalue weighted by Gasteiger charge is -2.10. The van der Waals surface area contributed by atoms with Crippen LogP contribution in [0.1, 0.15) is 10.4 Å². The number of carboxylic acids is 1. The van der Waals surface area contributed by atoms with E-state index in [9.17, 15) is 9.90 Å². The monoisotopic (exact) mass is 385 g/mol. The van der Waals surface area contributed by atoms with E-state index in [0.717, 1.165) is 28.1 Å². The fourth-order valence-corrected chi connectivity index (χ4v) is 3.06. The lowest BCUT2D eigenvalue weighted by atomic mass is 10.1. The summed E-state index contributed by atoms with van der Waals surface area (Å²) in [4.78, 5) is 15.7. The number of aromatic nitrogens is 3. The number of rotatable bonds is 6. The van der Waals surface area contributed by atoms with E-state index in [1.165, 1.54) is 0 Å². The van der Waals surface area contributed by atoms with Gasteiger partial charge < -0.3 is 15.7 Å². The molecule has 7 heteroatoms. The lowest BCUT2D eigenvalue weighted by molar-refractivity contribution is 0.0697. The third-order valence-corrected chi connectivity index (χ3v) is 4.56. The van der Waals surface area contributed by atoms with Crippen LogP contribution >= 0.6 is 0 Å². The molecule has 0 atom stereocenters. The molecule has 0 radical (unpaired) electrons. The Balaban J connectivity index is 1.71. The summed E-state index contributed by atoms with van der Waals surface area (Å²) in [6.45, 7) is 3.88. The first-order chi connectivity index (χ1) is 14.0. The van der Waals surface area contributed by atoms with Crippen LogP contribution in [-0.4, -0.2) is 32.7 Å². The summed E-state index contributed by atoms with van der Waals surface area (Å²) in [6, 6.07) is 16.6. The molecule has 2 aromatic heterocycles. The van der Waals surface area contributed by atoms with E-state index < -0.39 is 5.97 Å². The summed E-state index contributed by atoms with van der Waals surface area (Å²) in [5, 5.41) is 19.9. The van der Waals surface area contributed by atoms with Crippen LogP contribution in [0.25, 0.3) is 28.0 Å². The maximum absolute atomic E-state index is 11.2. The van der Waals surface area contributed by atoms with Crippen molar-refractivity contribution in [2.24, 2.45) is 0 Å². The van der Waals surface area contributed by atoms with Crippen LogP contribution < -0.4 is 10.6 Å². The highest BCUT2D eigenvalue weighted by atomic mass is 16.4. The molecule has 144 valence electrons. The Morgan fingerprint density at radius 1 is 1.03 bits per heavy atom. The van der Waals surface area contributed by atoms with Gasteiger partial charge in [0.25, 0.3) is 0 Å². The van der Waals surface area contributed by atoms with Gasteiger partial charge >= 0.3 is 5.97 Å². The Hall–Kier alpha value is -4.13. The van der Waals surface area contributed by atoms with Crippen LogP contribution in [0.3, 0.4) is 0 Å². The van der Waals surface area contributed by atoms with Gasteiger partial charge in [-0.2, -0.15) is 5.10 Å². The molecule has 2 heterocycles. The van der Waals surface area contributed by atoms with Crippen LogP contribution in [0, 0.1) is 0 Å². The second-order valence-electron chi connectivity index (χ2n) is 6.48. The zero-order valence-electron chi connectivity index (χ0n) is 15.8. The number of nitrogens with zero attached hydrogens (tertiary/aromatic N) is 3. The van der Waals surface area contributed by atoms with Gasteiger partial charge in [0, 0.05) is 23.9 Å². The molecule has 29 heavy (non-hydrogen) atoms. The fraction of sp³-hybridized carbons (Fsp3) is 0.0455. The molecular weight excluding hydrogens is 366 g/mol. The average molecular weight is 385 g/mol. The van der Waals surface area contributed by atoms with Gasteiger partial charge in [-0.3, -0.25) is 0 Å². The maximum Gasteiger partial charge on any atom is 0.335 e. The van der Waals surface area contributed by atoms with E-state index in [1.54, 1.807) is 42.2 Å². The Bertz CT molecular complexity index is 1230. The van der Waals surface area contributed by atoms with E-state index >= 15 is 0 Å². The molecule has 0 amide bonds. The number of carboxylic acid groups (broad SMARTS) is 1. The number of fused-ring (bicyclic) bond motifs is 1. The summed E-state index contributed by atoms with van der Waals surface area (Å²) in [5.74, 6) is -0.259. The van der Waals surface area contributed by atoms with Crippen molar-refractivity contribution < 1.29 is 9.90 Å². The number of anilines is 1. The summed E-state index contributed by atoms with van der Waals surface area (Å²) in [6.07, 6.45) is 3.48. The van der Waals surface area contributed by atoms with Crippen LogP contribution in [-0.2, 0) is 0 Å². The van der Waals surface area contributed by atoms with Crippen molar-refractivity contribution in [2.75, 3.05) is 12.4 Å². The summed E-state index contributed by atoms with van der Waals surface area (Å²) in [5.41, 5.74) is 5.21. The van der Waals surface area contributed by atoms with Gasteiger partial charge in [0.1, 0.15) is 0 Å². The Morgan fingerprint density at radius 2 is 1.83 bits per heavy atom. The highest BCUT2D eigenvalue weighted by Crippen LogP contribution is 2.26. The molecule has 0 fully saturated rings. The second kappa shape index (κ2) is 7.47. The number of carbonyl (C=O) groups is 1. The van der Waals surface area contributed by atoms with Crippen LogP contribution in [0.15, 0.2) is 79.4 Å². The molecule has 0 saturated heterocycles. The molecule has 0 aliphatic rings. The highest BCUT2D eigenvalue weighted by Gasteiger charge is 2.11. The van der Waals surface area contributed by atoms with Gasteiger partial charge in [-0.25, -0.2) is 14.3 Å². The molecule has 4 aromatic rings. The molecule has 0 spiro atoms. The van der Waals surface area contributed by atoms with Crippen LogP contribution in [0.2, 0.25) is 0 Å². The van der Waals surface area contributed by atoms with Gasteiger partial charge in [0.15, 0.2) is 5.65 Å². The zero-order valence-corrected chi connectivity index (χ0v) is 15.8. The first-order valence-corrected chi connectivity index (χ1v) is 8.97. The molecule has 0 bridgehead atoms. The third kappa shape index (κ3) is 3.66. The molecule has 0 unspecified atom stereocenters. The Morgan fingerprint density at radius 3 is 2.62 bits per heavy atom. The summed E-state index contributed by atoms with van der Waals surface area (Å²) in [7, 11) is 1.80. The Kier molecular flexibility index (Phi) is 4.70. The van der Waals surface area contributed by atoms with Gasteiger partial charge in [0.2, 0.25) is 0 Å². The van der Waals surface area contributed by atoms with Crippen LogP contribution in [0.5, 0.6) is 0 Å². The van der Waals surface area contributed by atoms with E-state index in [1.807, 2.05) is 36.4 Å². The number of hydrogen-bond donors (Lipinski definition) is 3. The first kappa shape index (κ1) is 18.2. The van der Waals surface area contributed by atoms with Gasteiger partial charge in [-0.05, 0) is 35.9 Å². The number of hydrogen-bond acceptors (Lipinski definition) is 5. The van der Waals surface area contributed by atoms with Crippen LogP contribution in [0.4, 0.5) is 5.69 Å². The molecule has 2 aromatic carbocycles. The fourth-order valence-electron chi connectivity index (χ4n) is 3.06. The quantitative estimate of drug-likeness (QED) is 0.467. The Labute approximate surface area is 167 Å².